The molecule has 188 valence electrons. The maximum absolute atomic E-state index is 14.1. The number of hydrogen-bond acceptors (Lipinski definition) is 6. The van der Waals surface area contributed by atoms with Crippen LogP contribution in [0.15, 0.2) is 70.5 Å². The molecule has 0 aliphatic carbocycles. The molecular weight excluding hydrogens is 500 g/mol. The van der Waals surface area contributed by atoms with Crippen molar-refractivity contribution in [2.75, 3.05) is 34.5 Å². The molecule has 0 saturated heterocycles. The summed E-state index contributed by atoms with van der Waals surface area (Å²) in [6.07, 6.45) is 0. The number of para-hydroxylation sites is 2. The molecule has 0 aliphatic heterocycles. The first-order valence-electron chi connectivity index (χ1n) is 10.5. The molecule has 0 unspecified atom stereocenters. The summed E-state index contributed by atoms with van der Waals surface area (Å²) < 4.78 is 89.5. The highest BCUT2D eigenvalue weighted by molar-refractivity contribution is 7.93. The number of methoxy groups -OCH3 is 1. The molecule has 3 aromatic rings. The van der Waals surface area contributed by atoms with Gasteiger partial charge in [0.2, 0.25) is 0 Å². The van der Waals surface area contributed by atoms with Crippen LogP contribution in [0.5, 0.6) is 5.75 Å². The van der Waals surface area contributed by atoms with Crippen LogP contribution in [0.1, 0.15) is 13.8 Å². The molecule has 0 fully saturated rings. The van der Waals surface area contributed by atoms with Gasteiger partial charge in [0.25, 0.3) is 20.0 Å². The summed E-state index contributed by atoms with van der Waals surface area (Å²) in [6, 6.07) is 12.5. The van der Waals surface area contributed by atoms with Crippen LogP contribution in [0.25, 0.3) is 0 Å². The monoisotopic (exact) mass is 525 g/mol. The number of hydrogen-bond donors (Lipinski definition) is 2. The molecule has 0 amide bonds. The molecular formula is C23H25F2N3O5S2. The second-order valence-electron chi connectivity index (χ2n) is 7.34. The van der Waals surface area contributed by atoms with E-state index in [4.69, 9.17) is 4.74 Å². The summed E-state index contributed by atoms with van der Waals surface area (Å²) in [5.74, 6) is -1.91. The predicted octanol–water partition coefficient (Wildman–Crippen LogP) is 4.42. The van der Waals surface area contributed by atoms with E-state index in [2.05, 4.69) is 9.44 Å². The summed E-state index contributed by atoms with van der Waals surface area (Å²) in [6.45, 7) is 4.67. The minimum atomic E-state index is -4.48. The fraction of sp³-hybridized carbons (Fsp3) is 0.217. The van der Waals surface area contributed by atoms with Gasteiger partial charge in [0.05, 0.1) is 24.2 Å². The van der Waals surface area contributed by atoms with Gasteiger partial charge in [-0.25, -0.2) is 25.6 Å². The Labute approximate surface area is 203 Å². The van der Waals surface area contributed by atoms with Gasteiger partial charge < -0.3 is 9.64 Å². The van der Waals surface area contributed by atoms with Crippen LogP contribution in [0, 0.1) is 11.6 Å². The molecule has 2 N–H and O–H groups in total. The van der Waals surface area contributed by atoms with Crippen molar-refractivity contribution >= 4 is 37.1 Å². The van der Waals surface area contributed by atoms with Gasteiger partial charge in [0.1, 0.15) is 27.2 Å². The third kappa shape index (κ3) is 5.82. The summed E-state index contributed by atoms with van der Waals surface area (Å²) in [7, 11) is -7.30. The van der Waals surface area contributed by atoms with Gasteiger partial charge in [0, 0.05) is 19.2 Å². The lowest BCUT2D eigenvalue weighted by atomic mass is 10.2. The lowest BCUT2D eigenvalue weighted by molar-refractivity contribution is 0.417. The van der Waals surface area contributed by atoms with E-state index in [0.29, 0.717) is 30.6 Å². The smallest absolute Gasteiger partial charge is 0.264 e. The van der Waals surface area contributed by atoms with Crippen LogP contribution in [-0.2, 0) is 20.0 Å². The zero-order chi connectivity index (χ0) is 25.8. The van der Waals surface area contributed by atoms with Crippen molar-refractivity contribution in [3.05, 3.63) is 72.3 Å². The number of halogens is 2. The fourth-order valence-electron chi connectivity index (χ4n) is 3.45. The second-order valence-corrected chi connectivity index (χ2v) is 10.6. The minimum absolute atomic E-state index is 0.120. The van der Waals surface area contributed by atoms with Crippen LogP contribution < -0.4 is 19.1 Å². The van der Waals surface area contributed by atoms with E-state index in [1.165, 1.54) is 25.3 Å². The van der Waals surface area contributed by atoms with Gasteiger partial charge >= 0.3 is 0 Å². The van der Waals surface area contributed by atoms with Gasteiger partial charge in [0.15, 0.2) is 0 Å². The maximum Gasteiger partial charge on any atom is 0.264 e. The number of nitrogens with one attached hydrogen (secondary N) is 2. The van der Waals surface area contributed by atoms with Crippen LogP contribution in [-0.4, -0.2) is 37.0 Å². The lowest BCUT2D eigenvalue weighted by Crippen LogP contribution is -2.26. The fourth-order valence-corrected chi connectivity index (χ4v) is 5.88. The number of ether oxygens (including phenoxy) is 1. The Hall–Kier alpha value is -3.38. The molecule has 0 spiro atoms. The quantitative estimate of drug-likeness (QED) is 0.406. The molecule has 0 aliphatic rings. The van der Waals surface area contributed by atoms with Gasteiger partial charge in [-0.15, -0.1) is 0 Å². The van der Waals surface area contributed by atoms with Crippen molar-refractivity contribution in [2.45, 2.75) is 23.6 Å². The Morgan fingerprint density at radius 3 is 2.11 bits per heavy atom. The maximum atomic E-state index is 14.1. The number of anilines is 3. The first-order chi connectivity index (χ1) is 16.5. The van der Waals surface area contributed by atoms with Gasteiger partial charge in [-0.2, -0.15) is 0 Å². The molecule has 3 aromatic carbocycles. The molecule has 8 nitrogen and oxygen atoms in total. The molecule has 0 bridgehead atoms. The van der Waals surface area contributed by atoms with Crippen LogP contribution in [0.2, 0.25) is 0 Å². The highest BCUT2D eigenvalue weighted by Crippen LogP contribution is 2.33. The van der Waals surface area contributed by atoms with E-state index in [-0.39, 0.29) is 16.3 Å². The van der Waals surface area contributed by atoms with Crippen molar-refractivity contribution < 1.29 is 30.4 Å². The highest BCUT2D eigenvalue weighted by Gasteiger charge is 2.25. The van der Waals surface area contributed by atoms with E-state index in [0.717, 1.165) is 18.2 Å². The summed E-state index contributed by atoms with van der Waals surface area (Å²) in [5.41, 5.74) is 0.415. The van der Waals surface area contributed by atoms with E-state index in [1.54, 1.807) is 23.1 Å². The molecule has 12 heteroatoms. The van der Waals surface area contributed by atoms with E-state index >= 15 is 0 Å². The van der Waals surface area contributed by atoms with E-state index in [9.17, 15) is 25.6 Å². The predicted molar refractivity (Wildman–Crippen MR) is 131 cm³/mol. The third-order valence-corrected chi connectivity index (χ3v) is 7.95. The van der Waals surface area contributed by atoms with Crippen molar-refractivity contribution in [3.8, 4) is 5.75 Å². The molecule has 0 saturated carbocycles. The Morgan fingerprint density at radius 1 is 0.829 bits per heavy atom. The van der Waals surface area contributed by atoms with Crippen LogP contribution in [0.4, 0.5) is 25.8 Å². The first kappa shape index (κ1) is 26.2. The largest absolute Gasteiger partial charge is 0.495 e. The average Bonchev–Trinajstić information content (AvgIpc) is 2.80. The Balaban J connectivity index is 2.08. The molecule has 0 aromatic heterocycles. The van der Waals surface area contributed by atoms with Crippen molar-refractivity contribution in [1.82, 2.24) is 0 Å². The lowest BCUT2D eigenvalue weighted by Gasteiger charge is -2.25. The summed E-state index contributed by atoms with van der Waals surface area (Å²) >= 11 is 0. The Morgan fingerprint density at radius 2 is 1.49 bits per heavy atom. The Bertz CT molecular complexity index is 1430. The van der Waals surface area contributed by atoms with Gasteiger partial charge in [-0.1, -0.05) is 12.1 Å². The topological polar surface area (TPSA) is 105 Å². The summed E-state index contributed by atoms with van der Waals surface area (Å²) in [5, 5.41) is 0. The second kappa shape index (κ2) is 10.5. The zero-order valence-electron chi connectivity index (χ0n) is 19.2. The van der Waals surface area contributed by atoms with Crippen LogP contribution in [0.3, 0.4) is 0 Å². The third-order valence-electron chi connectivity index (χ3n) is 5.14. The average molecular weight is 526 g/mol. The van der Waals surface area contributed by atoms with Gasteiger partial charge in [-0.3, -0.25) is 9.44 Å². The number of rotatable bonds is 10. The van der Waals surface area contributed by atoms with E-state index in [1.807, 2.05) is 13.8 Å². The van der Waals surface area contributed by atoms with Crippen molar-refractivity contribution in [1.29, 1.82) is 0 Å². The number of nitrogens with zero attached hydrogens (tertiary/aromatic N) is 1. The number of benzene rings is 3. The highest BCUT2D eigenvalue weighted by atomic mass is 32.2. The SMILES string of the molecule is CCN(CC)c1ccc(NS(=O)(=O)c2ccc(F)cc2F)cc1S(=O)(=O)Nc1ccccc1OC. The Kier molecular flexibility index (Phi) is 7.86. The van der Waals surface area contributed by atoms with Crippen LogP contribution >= 0.6 is 0 Å². The standard InChI is InChI=1S/C23H25F2N3O5S2/c1-4-28(5-2)20-12-11-17(26-34(29,30)22-13-10-16(24)14-18(22)25)15-23(20)35(31,32)27-19-8-6-7-9-21(19)33-3/h6-15,26-27H,4-5H2,1-3H3. The summed E-state index contributed by atoms with van der Waals surface area (Å²) in [4.78, 5) is 0.810. The molecule has 0 atom stereocenters. The normalized spacial score (nSPS) is 11.7. The van der Waals surface area contributed by atoms with Gasteiger partial charge in [-0.05, 0) is 56.3 Å². The van der Waals surface area contributed by atoms with E-state index < -0.39 is 36.6 Å². The number of sulfonamides is 2. The first-order valence-corrected chi connectivity index (χ1v) is 13.5. The molecule has 0 heterocycles. The van der Waals surface area contributed by atoms with Crippen molar-refractivity contribution in [3.63, 3.8) is 0 Å². The molecule has 35 heavy (non-hydrogen) atoms. The van der Waals surface area contributed by atoms with Crippen molar-refractivity contribution in [2.24, 2.45) is 0 Å². The molecule has 0 radical (unpaired) electrons. The zero-order valence-corrected chi connectivity index (χ0v) is 20.9. The minimum Gasteiger partial charge on any atom is -0.495 e. The molecule has 3 rings (SSSR count).